The first kappa shape index (κ1) is 11.2. The molecule has 68 valence electrons. The van der Waals surface area contributed by atoms with Crippen molar-refractivity contribution >= 4 is 15.5 Å². The fourth-order valence-electron chi connectivity index (χ4n) is 0.572. The lowest BCUT2D eigenvalue weighted by Gasteiger charge is -2.02. The van der Waals surface area contributed by atoms with Crippen LogP contribution in [-0.2, 0) is 9.53 Å². The Bertz CT molecular complexity index is 207. The van der Waals surface area contributed by atoms with E-state index in [9.17, 15) is 4.79 Å². The second-order valence-electron chi connectivity index (χ2n) is 2.80. The van der Waals surface area contributed by atoms with Crippen LogP contribution < -0.4 is 0 Å². The number of esters is 1. The summed E-state index contributed by atoms with van der Waals surface area (Å²) in [4.78, 5) is 10.9. The third kappa shape index (κ3) is 4.90. The molecule has 0 unspecified atom stereocenters. The third-order valence-electron chi connectivity index (χ3n) is 1.57. The molecule has 0 aliphatic heterocycles. The van der Waals surface area contributed by atoms with Crippen molar-refractivity contribution in [2.24, 2.45) is 0 Å². The van der Waals surface area contributed by atoms with Crippen LogP contribution in [0.3, 0.4) is 0 Å². The summed E-state index contributed by atoms with van der Waals surface area (Å²) in [6.45, 7) is 9.23. The average Bonchev–Trinajstić information content (AvgIpc) is 2.03. The molecule has 0 fully saturated rings. The van der Waals surface area contributed by atoms with Gasteiger partial charge in [0.1, 0.15) is 0 Å². The Morgan fingerprint density at radius 1 is 1.58 bits per heavy atom. The highest BCUT2D eigenvalue weighted by atomic mass is 28.2. The highest BCUT2D eigenvalue weighted by Crippen LogP contribution is 1.93. The predicted molar refractivity (Wildman–Crippen MR) is 53.7 cm³/mol. The van der Waals surface area contributed by atoms with Gasteiger partial charge in [-0.1, -0.05) is 17.9 Å². The minimum Gasteiger partial charge on any atom is -0.466 e. The minimum atomic E-state index is -0.362. The van der Waals surface area contributed by atoms with Gasteiger partial charge in [-0.15, -0.1) is 0 Å². The molecule has 3 heteroatoms. The molecule has 0 saturated carbocycles. The highest BCUT2D eigenvalue weighted by Gasteiger charge is 2.01. The van der Waals surface area contributed by atoms with E-state index in [1.165, 1.54) is 5.20 Å². The molecule has 0 saturated heterocycles. The number of carbonyl (C=O) groups excluding carboxylic acids is 1. The number of hydrogen-bond acceptors (Lipinski definition) is 2. The standard InChI is InChI=1S/C9H16O2Si/c1-5-8(4)12-6-11-9(10)7(2)3/h5H,2,6,12H2,1,3-4H3. The van der Waals surface area contributed by atoms with Gasteiger partial charge in [-0.2, -0.15) is 0 Å². The number of allylic oxidation sites excluding steroid dienone is 2. The van der Waals surface area contributed by atoms with Gasteiger partial charge in [-0.3, -0.25) is 0 Å². The van der Waals surface area contributed by atoms with Crippen molar-refractivity contribution in [1.82, 2.24) is 0 Å². The number of hydrogen-bond donors (Lipinski definition) is 0. The smallest absolute Gasteiger partial charge is 0.332 e. The molecule has 0 bridgehead atoms. The molecular weight excluding hydrogens is 168 g/mol. The van der Waals surface area contributed by atoms with E-state index in [1.807, 2.05) is 6.92 Å². The van der Waals surface area contributed by atoms with E-state index < -0.39 is 0 Å². The summed E-state index contributed by atoms with van der Waals surface area (Å²) in [5.41, 5.74) is 0.474. The molecule has 0 aromatic heterocycles. The van der Waals surface area contributed by atoms with Gasteiger partial charge in [-0.05, 0) is 20.8 Å². The van der Waals surface area contributed by atoms with E-state index >= 15 is 0 Å². The Morgan fingerprint density at radius 3 is 2.58 bits per heavy atom. The lowest BCUT2D eigenvalue weighted by Crippen LogP contribution is -2.11. The summed E-state index contributed by atoms with van der Waals surface area (Å²) >= 11 is 0. The Balaban J connectivity index is 3.58. The van der Waals surface area contributed by atoms with Crippen LogP contribution in [0.4, 0.5) is 0 Å². The topological polar surface area (TPSA) is 26.3 Å². The van der Waals surface area contributed by atoms with Gasteiger partial charge in [0, 0.05) is 5.57 Å². The molecule has 0 aliphatic carbocycles. The van der Waals surface area contributed by atoms with E-state index in [-0.39, 0.29) is 15.5 Å². The summed E-state index contributed by atoms with van der Waals surface area (Å²) in [5, 5.41) is 1.37. The van der Waals surface area contributed by atoms with Gasteiger partial charge in [0.15, 0.2) is 0 Å². The van der Waals surface area contributed by atoms with Crippen molar-refractivity contribution in [2.45, 2.75) is 20.8 Å². The first-order valence-corrected chi connectivity index (χ1v) is 5.73. The fourth-order valence-corrected chi connectivity index (χ4v) is 1.47. The molecule has 2 nitrogen and oxygen atoms in total. The molecule has 0 aromatic carbocycles. The molecule has 0 rings (SSSR count). The second-order valence-corrected chi connectivity index (χ2v) is 4.82. The summed E-state index contributed by atoms with van der Waals surface area (Å²) in [7, 11) is -0.362. The van der Waals surface area contributed by atoms with Crippen LogP contribution >= 0.6 is 0 Å². The van der Waals surface area contributed by atoms with E-state index in [0.29, 0.717) is 11.8 Å². The van der Waals surface area contributed by atoms with E-state index in [1.54, 1.807) is 6.92 Å². The quantitative estimate of drug-likeness (QED) is 0.372. The monoisotopic (exact) mass is 184 g/mol. The Morgan fingerprint density at radius 2 is 2.17 bits per heavy atom. The molecule has 0 radical (unpaired) electrons. The van der Waals surface area contributed by atoms with Crippen LogP contribution in [-0.4, -0.2) is 21.7 Å². The zero-order chi connectivity index (χ0) is 9.56. The van der Waals surface area contributed by atoms with E-state index in [4.69, 9.17) is 4.74 Å². The van der Waals surface area contributed by atoms with Crippen molar-refractivity contribution in [3.63, 3.8) is 0 Å². The van der Waals surface area contributed by atoms with Gasteiger partial charge in [0.2, 0.25) is 0 Å². The molecular formula is C9H16O2Si. The number of carbonyl (C=O) groups is 1. The van der Waals surface area contributed by atoms with E-state index in [0.717, 1.165) is 0 Å². The lowest BCUT2D eigenvalue weighted by atomic mass is 10.4. The summed E-state index contributed by atoms with van der Waals surface area (Å²) in [5.74, 6) is -0.272. The van der Waals surface area contributed by atoms with Gasteiger partial charge in [-0.25, -0.2) is 4.79 Å². The van der Waals surface area contributed by atoms with Crippen molar-refractivity contribution in [1.29, 1.82) is 0 Å². The molecule has 0 aromatic rings. The van der Waals surface area contributed by atoms with Gasteiger partial charge < -0.3 is 4.74 Å². The molecule has 0 amide bonds. The lowest BCUT2D eigenvalue weighted by molar-refractivity contribution is -0.137. The SMILES string of the molecule is C=C(C)C(=O)OC[SiH2]C(C)=CC. The van der Waals surface area contributed by atoms with E-state index in [2.05, 4.69) is 19.6 Å². The van der Waals surface area contributed by atoms with Crippen LogP contribution in [0.25, 0.3) is 0 Å². The van der Waals surface area contributed by atoms with Crippen molar-refractivity contribution in [3.05, 3.63) is 23.4 Å². The van der Waals surface area contributed by atoms with Crippen LogP contribution in [0.2, 0.25) is 0 Å². The van der Waals surface area contributed by atoms with Crippen LogP contribution in [0.15, 0.2) is 23.4 Å². The Hall–Kier alpha value is -0.833. The largest absolute Gasteiger partial charge is 0.466 e. The molecule has 0 atom stereocenters. The van der Waals surface area contributed by atoms with Crippen LogP contribution in [0.1, 0.15) is 20.8 Å². The summed E-state index contributed by atoms with van der Waals surface area (Å²) in [6.07, 6.45) is 2.66. The maximum absolute atomic E-state index is 10.9. The number of rotatable bonds is 4. The maximum atomic E-state index is 10.9. The first-order valence-electron chi connectivity index (χ1n) is 4.02. The van der Waals surface area contributed by atoms with Crippen molar-refractivity contribution in [2.75, 3.05) is 6.23 Å². The maximum Gasteiger partial charge on any atom is 0.332 e. The third-order valence-corrected chi connectivity index (χ3v) is 3.18. The number of ether oxygens (including phenoxy) is 1. The molecule has 0 spiro atoms. The molecule has 0 N–H and O–H groups in total. The summed E-state index contributed by atoms with van der Waals surface area (Å²) < 4.78 is 4.96. The van der Waals surface area contributed by atoms with Crippen molar-refractivity contribution < 1.29 is 9.53 Å². The van der Waals surface area contributed by atoms with Gasteiger partial charge in [0.05, 0.1) is 15.7 Å². The average molecular weight is 184 g/mol. The Labute approximate surface area is 76.1 Å². The second kappa shape index (κ2) is 5.77. The first-order chi connectivity index (χ1) is 5.57. The zero-order valence-corrected chi connectivity index (χ0v) is 9.43. The zero-order valence-electron chi connectivity index (χ0n) is 8.02. The molecule has 12 heavy (non-hydrogen) atoms. The normalized spacial score (nSPS) is 12.1. The fraction of sp³-hybridized carbons (Fsp3) is 0.444. The van der Waals surface area contributed by atoms with Crippen molar-refractivity contribution in [3.8, 4) is 0 Å². The van der Waals surface area contributed by atoms with Gasteiger partial charge >= 0.3 is 5.97 Å². The predicted octanol–water partition coefficient (Wildman–Crippen LogP) is 1.16. The van der Waals surface area contributed by atoms with Crippen LogP contribution in [0, 0.1) is 0 Å². The minimum absolute atomic E-state index is 0.272. The highest BCUT2D eigenvalue weighted by molar-refractivity contribution is 6.45. The Kier molecular flexibility index (Phi) is 5.37. The van der Waals surface area contributed by atoms with Crippen LogP contribution in [0.5, 0.6) is 0 Å². The summed E-state index contributed by atoms with van der Waals surface area (Å²) in [6, 6.07) is 0. The molecule has 0 aliphatic rings. The van der Waals surface area contributed by atoms with Gasteiger partial charge in [0.25, 0.3) is 0 Å². The molecule has 0 heterocycles.